The lowest BCUT2D eigenvalue weighted by Crippen LogP contribution is -2.31. The molecule has 0 aliphatic rings. The van der Waals surface area contributed by atoms with E-state index in [1.54, 1.807) is 23.1 Å². The van der Waals surface area contributed by atoms with Crippen molar-refractivity contribution in [1.29, 1.82) is 0 Å². The van der Waals surface area contributed by atoms with E-state index in [2.05, 4.69) is 46.8 Å². The fraction of sp³-hybridized carbons (Fsp3) is 0.556. The van der Waals surface area contributed by atoms with E-state index in [1.807, 2.05) is 0 Å². The highest BCUT2D eigenvalue weighted by atomic mass is 79.9. The molecule has 0 aliphatic heterocycles. The second-order valence-electron chi connectivity index (χ2n) is 3.46. The van der Waals surface area contributed by atoms with Crippen molar-refractivity contribution in [3.05, 3.63) is 20.8 Å². The van der Waals surface area contributed by atoms with Crippen molar-refractivity contribution >= 4 is 39.0 Å². The van der Waals surface area contributed by atoms with Crippen LogP contribution in [0.4, 0.5) is 0 Å². The van der Waals surface area contributed by atoms with Crippen LogP contribution in [-0.4, -0.2) is 11.0 Å². The van der Waals surface area contributed by atoms with Gasteiger partial charge in [0.25, 0.3) is 0 Å². The van der Waals surface area contributed by atoms with E-state index in [9.17, 15) is 0 Å². The number of hydrogen-bond acceptors (Lipinski definition) is 3. The van der Waals surface area contributed by atoms with Gasteiger partial charge in [0.1, 0.15) is 0 Å². The molecule has 0 spiro atoms. The highest BCUT2D eigenvalue weighted by Crippen LogP contribution is 2.38. The van der Waals surface area contributed by atoms with Crippen LogP contribution in [0.1, 0.15) is 25.5 Å². The Kier molecular flexibility index (Phi) is 3.86. The quantitative estimate of drug-likeness (QED) is 0.914. The normalized spacial score (nSPS) is 14.5. The first-order valence-electron chi connectivity index (χ1n) is 4.01. The standard InChI is InChI=1S/C9H14BrNS2/c1-9(2,12-3)8(11)6-4-13-5-7(6)10/h4-5,8H,11H2,1-3H3. The third-order valence-electron chi connectivity index (χ3n) is 2.25. The van der Waals surface area contributed by atoms with E-state index in [1.165, 1.54) is 5.56 Å². The molecule has 0 aliphatic carbocycles. The summed E-state index contributed by atoms with van der Waals surface area (Å²) >= 11 is 7.00. The second-order valence-corrected chi connectivity index (χ2v) is 6.52. The monoisotopic (exact) mass is 279 g/mol. The number of halogens is 1. The molecule has 1 unspecified atom stereocenters. The van der Waals surface area contributed by atoms with Crippen molar-refractivity contribution in [1.82, 2.24) is 0 Å². The first kappa shape index (κ1) is 11.6. The van der Waals surface area contributed by atoms with Gasteiger partial charge in [-0.3, -0.25) is 0 Å². The predicted molar refractivity (Wildman–Crippen MR) is 66.5 cm³/mol. The van der Waals surface area contributed by atoms with Gasteiger partial charge in [-0.1, -0.05) is 0 Å². The van der Waals surface area contributed by atoms with E-state index in [0.717, 1.165) is 4.47 Å². The van der Waals surface area contributed by atoms with Gasteiger partial charge >= 0.3 is 0 Å². The van der Waals surface area contributed by atoms with Crippen LogP contribution in [0, 0.1) is 0 Å². The van der Waals surface area contributed by atoms with Gasteiger partial charge < -0.3 is 5.73 Å². The van der Waals surface area contributed by atoms with Gasteiger partial charge in [-0.2, -0.15) is 23.1 Å². The molecule has 74 valence electrons. The maximum Gasteiger partial charge on any atom is 0.0458 e. The van der Waals surface area contributed by atoms with Gasteiger partial charge in [0.15, 0.2) is 0 Å². The largest absolute Gasteiger partial charge is 0.323 e. The summed E-state index contributed by atoms with van der Waals surface area (Å²) < 4.78 is 1.22. The SMILES string of the molecule is CSC(C)(C)C(N)c1cscc1Br. The zero-order chi connectivity index (χ0) is 10.1. The van der Waals surface area contributed by atoms with Crippen LogP contribution in [0.25, 0.3) is 0 Å². The lowest BCUT2D eigenvalue weighted by atomic mass is 9.99. The molecular formula is C9H14BrNS2. The first-order chi connectivity index (χ1) is 5.99. The minimum Gasteiger partial charge on any atom is -0.323 e. The number of hydrogen-bond donors (Lipinski definition) is 1. The van der Waals surface area contributed by atoms with Crippen LogP contribution in [0.3, 0.4) is 0 Å². The third kappa shape index (κ3) is 2.49. The molecule has 0 radical (unpaired) electrons. The Hall–Kier alpha value is 0.490. The zero-order valence-electron chi connectivity index (χ0n) is 8.00. The van der Waals surface area contributed by atoms with Gasteiger partial charge in [-0.15, -0.1) is 0 Å². The van der Waals surface area contributed by atoms with Crippen molar-refractivity contribution in [2.45, 2.75) is 24.6 Å². The summed E-state index contributed by atoms with van der Waals surface area (Å²) in [5, 5.41) is 4.19. The fourth-order valence-electron chi connectivity index (χ4n) is 1.01. The molecule has 1 rings (SSSR count). The fourth-order valence-corrected chi connectivity index (χ4v) is 2.98. The Morgan fingerprint density at radius 1 is 1.54 bits per heavy atom. The average molecular weight is 280 g/mol. The van der Waals surface area contributed by atoms with E-state index in [0.29, 0.717) is 0 Å². The third-order valence-corrected chi connectivity index (χ3v) is 5.31. The molecule has 0 bridgehead atoms. The molecular weight excluding hydrogens is 266 g/mol. The Morgan fingerprint density at radius 2 is 2.15 bits per heavy atom. The summed E-state index contributed by atoms with van der Waals surface area (Å²) in [5.74, 6) is 0. The molecule has 4 heteroatoms. The molecule has 1 heterocycles. The lowest BCUT2D eigenvalue weighted by molar-refractivity contribution is 0.564. The van der Waals surface area contributed by atoms with E-state index in [-0.39, 0.29) is 10.8 Å². The summed E-state index contributed by atoms with van der Waals surface area (Å²) in [5.41, 5.74) is 7.40. The molecule has 0 aromatic carbocycles. The summed E-state index contributed by atoms with van der Waals surface area (Å²) in [6.07, 6.45) is 2.10. The van der Waals surface area contributed by atoms with Crippen molar-refractivity contribution in [2.75, 3.05) is 6.26 Å². The molecule has 13 heavy (non-hydrogen) atoms. The summed E-state index contributed by atoms with van der Waals surface area (Å²) in [4.78, 5) is 0. The van der Waals surface area contributed by atoms with Gasteiger partial charge in [0.2, 0.25) is 0 Å². The summed E-state index contributed by atoms with van der Waals surface area (Å²) in [6, 6.07) is 0.0862. The number of thiophene rings is 1. The molecule has 1 aromatic rings. The Bertz CT molecular complexity index is 283. The van der Waals surface area contributed by atoms with Crippen LogP contribution >= 0.6 is 39.0 Å². The Labute approximate surface area is 96.2 Å². The minimum absolute atomic E-state index is 0.0862. The van der Waals surface area contributed by atoms with Gasteiger partial charge in [0.05, 0.1) is 0 Å². The molecule has 1 nitrogen and oxygen atoms in total. The van der Waals surface area contributed by atoms with Crippen LogP contribution in [0.15, 0.2) is 15.2 Å². The molecule has 1 aromatic heterocycles. The molecule has 0 amide bonds. The van der Waals surface area contributed by atoms with Crippen LogP contribution in [0.2, 0.25) is 0 Å². The van der Waals surface area contributed by atoms with Crippen molar-refractivity contribution in [3.63, 3.8) is 0 Å². The van der Waals surface area contributed by atoms with Gasteiger partial charge in [-0.25, -0.2) is 0 Å². The average Bonchev–Trinajstić information content (AvgIpc) is 2.50. The van der Waals surface area contributed by atoms with E-state index in [4.69, 9.17) is 5.73 Å². The maximum absolute atomic E-state index is 6.18. The highest BCUT2D eigenvalue weighted by Gasteiger charge is 2.28. The van der Waals surface area contributed by atoms with Crippen molar-refractivity contribution in [3.8, 4) is 0 Å². The van der Waals surface area contributed by atoms with Crippen molar-refractivity contribution < 1.29 is 0 Å². The van der Waals surface area contributed by atoms with E-state index < -0.39 is 0 Å². The smallest absolute Gasteiger partial charge is 0.0458 e. The second kappa shape index (κ2) is 4.34. The van der Waals surface area contributed by atoms with Crippen LogP contribution in [0.5, 0.6) is 0 Å². The summed E-state index contributed by atoms with van der Waals surface area (Å²) in [7, 11) is 0. The van der Waals surface area contributed by atoms with E-state index >= 15 is 0 Å². The Morgan fingerprint density at radius 3 is 2.54 bits per heavy atom. The molecule has 0 saturated heterocycles. The minimum atomic E-state index is 0.0862. The van der Waals surface area contributed by atoms with Crippen LogP contribution < -0.4 is 5.73 Å². The molecule has 2 N–H and O–H groups in total. The number of thioether (sulfide) groups is 1. The van der Waals surface area contributed by atoms with Crippen molar-refractivity contribution in [2.24, 2.45) is 5.73 Å². The number of nitrogens with two attached hydrogens (primary N) is 1. The summed E-state index contributed by atoms with van der Waals surface area (Å²) in [6.45, 7) is 4.35. The number of rotatable bonds is 3. The zero-order valence-corrected chi connectivity index (χ0v) is 11.2. The molecule has 0 fully saturated rings. The predicted octanol–water partition coefficient (Wildman–Crippen LogP) is 3.65. The maximum atomic E-state index is 6.18. The molecule has 0 saturated carbocycles. The lowest BCUT2D eigenvalue weighted by Gasteiger charge is -2.29. The van der Waals surface area contributed by atoms with Gasteiger partial charge in [0, 0.05) is 20.6 Å². The topological polar surface area (TPSA) is 26.0 Å². The highest BCUT2D eigenvalue weighted by molar-refractivity contribution is 9.10. The Balaban J connectivity index is 2.91. The van der Waals surface area contributed by atoms with Crippen LogP contribution in [-0.2, 0) is 0 Å². The molecule has 1 atom stereocenters. The first-order valence-corrected chi connectivity index (χ1v) is 6.97. The van der Waals surface area contributed by atoms with Gasteiger partial charge in [-0.05, 0) is 47.0 Å².